The molecule has 3 rings (SSSR count). The third-order valence-electron chi connectivity index (χ3n) is 5.13. The van der Waals surface area contributed by atoms with E-state index in [0.29, 0.717) is 40.0 Å². The Labute approximate surface area is 215 Å². The van der Waals surface area contributed by atoms with Crippen molar-refractivity contribution in [3.63, 3.8) is 0 Å². The summed E-state index contributed by atoms with van der Waals surface area (Å²) in [7, 11) is 0. The van der Waals surface area contributed by atoms with E-state index in [2.05, 4.69) is 5.32 Å². The van der Waals surface area contributed by atoms with E-state index < -0.39 is 0 Å². The maximum atomic E-state index is 12.7. The minimum Gasteiger partial charge on any atom is -0.462 e. The van der Waals surface area contributed by atoms with Crippen LogP contribution in [0.5, 0.6) is 0 Å². The summed E-state index contributed by atoms with van der Waals surface area (Å²) >= 11 is 6.62. The van der Waals surface area contributed by atoms with Gasteiger partial charge >= 0.3 is 5.97 Å². The summed E-state index contributed by atoms with van der Waals surface area (Å²) in [4.78, 5) is 39.1. The van der Waals surface area contributed by atoms with E-state index in [1.807, 2.05) is 49.4 Å². The Bertz CT molecular complexity index is 1110. The van der Waals surface area contributed by atoms with Gasteiger partial charge in [-0.1, -0.05) is 79.8 Å². The molecule has 1 fully saturated rings. The first-order valence-electron chi connectivity index (χ1n) is 11.5. The van der Waals surface area contributed by atoms with Crippen molar-refractivity contribution in [2.45, 2.75) is 32.6 Å². The molecule has 0 saturated carbocycles. The zero-order valence-electron chi connectivity index (χ0n) is 19.6. The first-order valence-corrected chi connectivity index (χ1v) is 12.7. The molecule has 1 heterocycles. The lowest BCUT2D eigenvalue weighted by Gasteiger charge is -2.14. The van der Waals surface area contributed by atoms with Crippen LogP contribution < -0.4 is 5.32 Å². The Morgan fingerprint density at radius 2 is 1.83 bits per heavy atom. The van der Waals surface area contributed by atoms with E-state index in [9.17, 15) is 14.4 Å². The van der Waals surface area contributed by atoms with Crippen LogP contribution in [0.3, 0.4) is 0 Å². The first kappa shape index (κ1) is 26.4. The second kappa shape index (κ2) is 13.6. The van der Waals surface area contributed by atoms with Crippen LogP contribution in [0.4, 0.5) is 5.69 Å². The van der Waals surface area contributed by atoms with Gasteiger partial charge < -0.3 is 10.1 Å². The number of nitrogens with zero attached hydrogens (tertiary/aromatic N) is 1. The molecule has 35 heavy (non-hydrogen) atoms. The fourth-order valence-corrected chi connectivity index (χ4v) is 4.48. The summed E-state index contributed by atoms with van der Waals surface area (Å²) in [6.45, 7) is 2.80. The zero-order valence-corrected chi connectivity index (χ0v) is 21.2. The van der Waals surface area contributed by atoms with E-state index in [1.54, 1.807) is 30.3 Å². The van der Waals surface area contributed by atoms with Crippen LogP contribution in [0, 0.1) is 0 Å². The molecule has 1 saturated heterocycles. The number of anilines is 1. The zero-order chi connectivity index (χ0) is 25.0. The number of thioether (sulfide) groups is 1. The Morgan fingerprint density at radius 3 is 2.54 bits per heavy atom. The molecular formula is C27H28N2O4S2. The van der Waals surface area contributed by atoms with E-state index in [4.69, 9.17) is 17.0 Å². The molecule has 0 unspecified atom stereocenters. The number of hydrogen-bond donors (Lipinski definition) is 1. The Balaban J connectivity index is 1.43. The standard InChI is InChI=1S/C27H28N2O4S2/c1-2-3-19-33-26(32)21-14-16-22(17-15-21)28-24(30)13-8-18-29-25(31)23(35-27(29)34)12-7-11-20-9-5-4-6-10-20/h4-7,9-12,14-17H,2-3,8,13,18-19H2,1H3,(H,28,30). The summed E-state index contributed by atoms with van der Waals surface area (Å²) in [5.41, 5.74) is 2.09. The van der Waals surface area contributed by atoms with Gasteiger partial charge in [0.2, 0.25) is 5.91 Å². The summed E-state index contributed by atoms with van der Waals surface area (Å²) in [5, 5.41) is 2.81. The van der Waals surface area contributed by atoms with E-state index in [1.165, 1.54) is 16.7 Å². The van der Waals surface area contributed by atoms with E-state index in [-0.39, 0.29) is 24.2 Å². The van der Waals surface area contributed by atoms with Gasteiger partial charge in [0.05, 0.1) is 17.1 Å². The highest BCUT2D eigenvalue weighted by Crippen LogP contribution is 2.31. The smallest absolute Gasteiger partial charge is 0.338 e. The number of allylic oxidation sites excluding steroid dienone is 2. The molecule has 0 aromatic heterocycles. The average molecular weight is 509 g/mol. The van der Waals surface area contributed by atoms with E-state index in [0.717, 1.165) is 18.4 Å². The van der Waals surface area contributed by atoms with Crippen molar-refractivity contribution >= 4 is 57.8 Å². The third kappa shape index (κ3) is 8.19. The molecule has 0 atom stereocenters. The van der Waals surface area contributed by atoms with Crippen molar-refractivity contribution in [3.05, 3.63) is 82.8 Å². The summed E-state index contributed by atoms with van der Waals surface area (Å²) in [6, 6.07) is 16.4. The molecule has 0 bridgehead atoms. The van der Waals surface area contributed by atoms with Gasteiger partial charge in [-0.05, 0) is 48.7 Å². The van der Waals surface area contributed by atoms with Crippen molar-refractivity contribution in [1.82, 2.24) is 4.90 Å². The minimum absolute atomic E-state index is 0.139. The number of benzene rings is 2. The minimum atomic E-state index is -0.371. The maximum absolute atomic E-state index is 12.7. The molecule has 8 heteroatoms. The highest BCUT2D eigenvalue weighted by atomic mass is 32.2. The molecular weight excluding hydrogens is 480 g/mol. The van der Waals surface area contributed by atoms with Gasteiger partial charge in [-0.2, -0.15) is 0 Å². The number of hydrogen-bond acceptors (Lipinski definition) is 6. The van der Waals surface area contributed by atoms with Gasteiger partial charge in [0.25, 0.3) is 5.91 Å². The average Bonchev–Trinajstić information content (AvgIpc) is 3.13. The lowest BCUT2D eigenvalue weighted by molar-refractivity contribution is -0.122. The molecule has 0 radical (unpaired) electrons. The quantitative estimate of drug-likeness (QED) is 0.178. The van der Waals surface area contributed by atoms with E-state index >= 15 is 0 Å². The number of unbranched alkanes of at least 4 members (excludes halogenated alkanes) is 1. The number of ether oxygens (including phenoxy) is 1. The molecule has 2 aromatic carbocycles. The second-order valence-corrected chi connectivity index (χ2v) is 9.52. The van der Waals surface area contributed by atoms with Crippen LogP contribution in [0.2, 0.25) is 0 Å². The Kier molecular flexibility index (Phi) is 10.3. The SMILES string of the molecule is CCCCOC(=O)c1ccc(NC(=O)CCCN2C(=O)C(=CC=Cc3ccccc3)SC2=S)cc1. The fraction of sp³-hybridized carbons (Fsp3) is 0.259. The molecule has 2 amide bonds. The lowest BCUT2D eigenvalue weighted by Crippen LogP contribution is -2.29. The number of esters is 1. The summed E-state index contributed by atoms with van der Waals surface area (Å²) in [5.74, 6) is -0.681. The molecule has 1 N–H and O–H groups in total. The molecule has 0 aliphatic carbocycles. The number of amides is 2. The molecule has 1 aliphatic rings. The Hall–Kier alpha value is -3.23. The first-order chi connectivity index (χ1) is 17.0. The maximum Gasteiger partial charge on any atom is 0.338 e. The van der Waals surface area contributed by atoms with Crippen molar-refractivity contribution in [3.8, 4) is 0 Å². The van der Waals surface area contributed by atoms with Crippen LogP contribution in [-0.2, 0) is 14.3 Å². The topological polar surface area (TPSA) is 75.7 Å². The van der Waals surface area contributed by atoms with Gasteiger partial charge in [0.1, 0.15) is 4.32 Å². The largest absolute Gasteiger partial charge is 0.462 e. The molecule has 1 aliphatic heterocycles. The number of thiocarbonyl (C=S) groups is 1. The van der Waals surface area contributed by atoms with Crippen molar-refractivity contribution < 1.29 is 19.1 Å². The highest BCUT2D eigenvalue weighted by Gasteiger charge is 2.31. The predicted octanol–water partition coefficient (Wildman–Crippen LogP) is 5.82. The number of carbonyl (C=O) groups excluding carboxylic acids is 3. The summed E-state index contributed by atoms with van der Waals surface area (Å²) in [6.07, 6.45) is 8.04. The lowest BCUT2D eigenvalue weighted by atomic mass is 10.2. The van der Waals surface area contributed by atoms with Crippen molar-refractivity contribution in [2.24, 2.45) is 0 Å². The van der Waals surface area contributed by atoms with Crippen LogP contribution in [0.15, 0.2) is 71.7 Å². The van der Waals surface area contributed by atoms with Crippen LogP contribution >= 0.6 is 24.0 Å². The molecule has 6 nitrogen and oxygen atoms in total. The number of rotatable bonds is 11. The summed E-state index contributed by atoms with van der Waals surface area (Å²) < 4.78 is 5.68. The predicted molar refractivity (Wildman–Crippen MR) is 145 cm³/mol. The number of nitrogens with one attached hydrogen (secondary N) is 1. The molecule has 0 spiro atoms. The van der Waals surface area contributed by atoms with Crippen molar-refractivity contribution in [1.29, 1.82) is 0 Å². The molecule has 182 valence electrons. The van der Waals surface area contributed by atoms with Crippen LogP contribution in [0.25, 0.3) is 6.08 Å². The van der Waals surface area contributed by atoms with Gasteiger partial charge in [-0.15, -0.1) is 0 Å². The highest BCUT2D eigenvalue weighted by molar-refractivity contribution is 8.26. The molecule has 2 aromatic rings. The Morgan fingerprint density at radius 1 is 1.09 bits per heavy atom. The van der Waals surface area contributed by atoms with Gasteiger partial charge in [0.15, 0.2) is 0 Å². The normalized spacial score (nSPS) is 14.7. The van der Waals surface area contributed by atoms with Crippen LogP contribution in [-0.4, -0.2) is 40.2 Å². The van der Waals surface area contributed by atoms with Gasteiger partial charge in [-0.3, -0.25) is 14.5 Å². The van der Waals surface area contributed by atoms with Crippen molar-refractivity contribution in [2.75, 3.05) is 18.5 Å². The second-order valence-electron chi connectivity index (χ2n) is 7.84. The number of carbonyl (C=O) groups is 3. The fourth-order valence-electron chi connectivity index (χ4n) is 3.22. The van der Waals surface area contributed by atoms with Gasteiger partial charge in [-0.25, -0.2) is 4.79 Å². The third-order valence-corrected chi connectivity index (χ3v) is 6.53. The monoisotopic (exact) mass is 508 g/mol. The van der Waals surface area contributed by atoms with Crippen LogP contribution in [0.1, 0.15) is 48.5 Å². The van der Waals surface area contributed by atoms with Gasteiger partial charge in [0, 0.05) is 18.7 Å².